The second kappa shape index (κ2) is 10.2. The fraction of sp³-hybridized carbons (Fsp3) is 0.364. The van der Waals surface area contributed by atoms with Gasteiger partial charge in [0.1, 0.15) is 0 Å². The summed E-state index contributed by atoms with van der Waals surface area (Å²) < 4.78 is 11.0. The fourth-order valence-electron chi connectivity index (χ4n) is 3.52. The van der Waals surface area contributed by atoms with Crippen LogP contribution < -0.4 is 15.4 Å². The lowest BCUT2D eigenvalue weighted by Crippen LogP contribution is -2.19. The third-order valence-electron chi connectivity index (χ3n) is 5.09. The van der Waals surface area contributed by atoms with E-state index in [1.54, 1.807) is 29.8 Å². The van der Waals surface area contributed by atoms with Crippen LogP contribution in [-0.4, -0.2) is 28.4 Å². The first-order chi connectivity index (χ1) is 15.2. The Balaban J connectivity index is 1.31. The lowest BCUT2D eigenvalue weighted by atomic mass is 9.90. The van der Waals surface area contributed by atoms with Crippen LogP contribution in [0.3, 0.4) is 0 Å². The average molecular weight is 441 g/mol. The van der Waals surface area contributed by atoms with Crippen molar-refractivity contribution in [3.63, 3.8) is 0 Å². The lowest BCUT2D eigenvalue weighted by Gasteiger charge is -2.22. The predicted molar refractivity (Wildman–Crippen MR) is 117 cm³/mol. The summed E-state index contributed by atoms with van der Waals surface area (Å²) in [5, 5.41) is 7.60. The molecule has 0 saturated heterocycles. The molecule has 4 rings (SSSR count). The van der Waals surface area contributed by atoms with Gasteiger partial charge in [-0.3, -0.25) is 14.9 Å². The van der Waals surface area contributed by atoms with Gasteiger partial charge in [0, 0.05) is 11.6 Å². The maximum absolute atomic E-state index is 12.5. The molecule has 8 nitrogen and oxygen atoms in total. The Bertz CT molecular complexity index is 1010. The molecule has 2 amide bonds. The van der Waals surface area contributed by atoms with Crippen LogP contribution in [-0.2, 0) is 11.2 Å². The number of hydrogen-bond donors (Lipinski definition) is 2. The van der Waals surface area contributed by atoms with Crippen molar-refractivity contribution in [2.75, 3.05) is 17.2 Å². The van der Waals surface area contributed by atoms with E-state index >= 15 is 0 Å². The molecule has 0 atom stereocenters. The van der Waals surface area contributed by atoms with Gasteiger partial charge in [0.25, 0.3) is 5.91 Å². The van der Waals surface area contributed by atoms with Crippen LogP contribution in [0.15, 0.2) is 46.5 Å². The van der Waals surface area contributed by atoms with Gasteiger partial charge in [-0.15, -0.1) is 11.3 Å². The van der Waals surface area contributed by atoms with Crippen LogP contribution in [0.1, 0.15) is 48.4 Å². The summed E-state index contributed by atoms with van der Waals surface area (Å²) in [6, 6.07) is 6.81. The molecule has 9 heteroatoms. The number of carbonyl (C=O) groups is 2. The number of carbonyl (C=O) groups excluding carboxylic acids is 2. The highest BCUT2D eigenvalue weighted by Crippen LogP contribution is 2.27. The zero-order valence-electron chi connectivity index (χ0n) is 17.0. The third-order valence-corrected chi connectivity index (χ3v) is 5.89. The van der Waals surface area contributed by atoms with E-state index in [0.717, 1.165) is 0 Å². The van der Waals surface area contributed by atoms with E-state index in [1.165, 1.54) is 49.7 Å². The van der Waals surface area contributed by atoms with Crippen molar-refractivity contribution in [2.24, 2.45) is 5.92 Å². The number of pyridine rings is 1. The summed E-state index contributed by atoms with van der Waals surface area (Å²) in [5.41, 5.74) is 0.554. The average Bonchev–Trinajstić information content (AvgIpc) is 3.46. The van der Waals surface area contributed by atoms with Gasteiger partial charge in [0.15, 0.2) is 22.5 Å². The molecular formula is C22H24N4O4S. The number of amides is 2. The van der Waals surface area contributed by atoms with Crippen molar-refractivity contribution < 1.29 is 18.7 Å². The number of nitrogens with zero attached hydrogens (tertiary/aromatic N) is 2. The molecule has 0 aromatic carbocycles. The van der Waals surface area contributed by atoms with Gasteiger partial charge in [-0.05, 0) is 43.0 Å². The van der Waals surface area contributed by atoms with Crippen molar-refractivity contribution >= 4 is 34.1 Å². The zero-order valence-corrected chi connectivity index (χ0v) is 17.8. The minimum absolute atomic E-state index is 0.0613. The highest BCUT2D eigenvalue weighted by molar-refractivity contribution is 7.14. The van der Waals surface area contributed by atoms with Gasteiger partial charge in [0.05, 0.1) is 25.0 Å². The summed E-state index contributed by atoms with van der Waals surface area (Å²) in [7, 11) is 0. The van der Waals surface area contributed by atoms with Crippen LogP contribution >= 0.6 is 11.3 Å². The zero-order chi connectivity index (χ0) is 21.5. The standard InChI is InChI=1S/C22H24N4O4S/c27-19(12-16-14-31-22(24-16)26-21(28)18-9-5-11-29-18)25-20-17(8-4-10-23-20)30-13-15-6-2-1-3-7-15/h4-5,8-11,14-15H,1-3,6-7,12-13H2,(H,23,25,27)(H,24,26,28). The minimum atomic E-state index is -0.386. The molecule has 1 saturated carbocycles. The molecule has 1 aliphatic rings. The highest BCUT2D eigenvalue weighted by atomic mass is 32.1. The van der Waals surface area contributed by atoms with Crippen LogP contribution in [0.2, 0.25) is 0 Å². The van der Waals surface area contributed by atoms with Crippen LogP contribution in [0.4, 0.5) is 10.9 Å². The number of rotatable bonds is 8. The lowest BCUT2D eigenvalue weighted by molar-refractivity contribution is -0.115. The van der Waals surface area contributed by atoms with Crippen molar-refractivity contribution in [2.45, 2.75) is 38.5 Å². The van der Waals surface area contributed by atoms with Gasteiger partial charge >= 0.3 is 0 Å². The molecule has 0 unspecified atom stereocenters. The Labute approximate surface area is 184 Å². The molecule has 3 heterocycles. The normalized spacial score (nSPS) is 14.2. The Hall–Kier alpha value is -3.20. The summed E-state index contributed by atoms with van der Waals surface area (Å²) in [6.07, 6.45) is 9.28. The van der Waals surface area contributed by atoms with E-state index in [9.17, 15) is 9.59 Å². The van der Waals surface area contributed by atoms with Gasteiger partial charge in [-0.1, -0.05) is 19.3 Å². The largest absolute Gasteiger partial charge is 0.489 e. The van der Waals surface area contributed by atoms with E-state index in [-0.39, 0.29) is 24.0 Å². The molecule has 3 aromatic heterocycles. The molecule has 3 aromatic rings. The van der Waals surface area contributed by atoms with E-state index < -0.39 is 0 Å². The van der Waals surface area contributed by atoms with Gasteiger partial charge in [-0.2, -0.15) is 0 Å². The molecule has 0 spiro atoms. The van der Waals surface area contributed by atoms with E-state index in [1.807, 2.05) is 6.07 Å². The predicted octanol–water partition coefficient (Wildman–Crippen LogP) is 4.52. The van der Waals surface area contributed by atoms with Crippen molar-refractivity contribution in [3.05, 3.63) is 53.6 Å². The second-order valence-electron chi connectivity index (χ2n) is 7.47. The van der Waals surface area contributed by atoms with Crippen LogP contribution in [0.5, 0.6) is 5.75 Å². The number of ether oxygens (including phenoxy) is 1. The molecule has 2 N–H and O–H groups in total. The topological polar surface area (TPSA) is 106 Å². The number of aromatic nitrogens is 2. The molecular weight excluding hydrogens is 416 g/mol. The first-order valence-corrected chi connectivity index (χ1v) is 11.2. The van der Waals surface area contributed by atoms with Crippen LogP contribution in [0.25, 0.3) is 0 Å². The maximum atomic E-state index is 12.5. The fourth-order valence-corrected chi connectivity index (χ4v) is 4.22. The molecule has 0 bridgehead atoms. The molecule has 31 heavy (non-hydrogen) atoms. The van der Waals surface area contributed by atoms with Crippen molar-refractivity contribution in [3.8, 4) is 5.75 Å². The maximum Gasteiger partial charge on any atom is 0.293 e. The number of thiazole rings is 1. The van der Waals surface area contributed by atoms with Gasteiger partial charge in [0.2, 0.25) is 5.91 Å². The summed E-state index contributed by atoms with van der Waals surface area (Å²) >= 11 is 1.25. The van der Waals surface area contributed by atoms with Crippen molar-refractivity contribution in [1.82, 2.24) is 9.97 Å². The molecule has 0 aliphatic heterocycles. The Morgan fingerprint density at radius 1 is 1.16 bits per heavy atom. The molecule has 1 aliphatic carbocycles. The second-order valence-corrected chi connectivity index (χ2v) is 8.32. The smallest absolute Gasteiger partial charge is 0.293 e. The summed E-state index contributed by atoms with van der Waals surface area (Å²) in [6.45, 7) is 0.638. The molecule has 0 radical (unpaired) electrons. The number of anilines is 2. The first kappa shape index (κ1) is 21.0. The monoisotopic (exact) mass is 440 g/mol. The Morgan fingerprint density at radius 3 is 2.84 bits per heavy atom. The van der Waals surface area contributed by atoms with Gasteiger partial charge < -0.3 is 14.5 Å². The number of nitrogens with one attached hydrogen (secondary N) is 2. The summed E-state index contributed by atoms with van der Waals surface area (Å²) in [4.78, 5) is 33.1. The van der Waals surface area contributed by atoms with E-state index in [2.05, 4.69) is 20.6 Å². The first-order valence-electron chi connectivity index (χ1n) is 10.3. The molecule has 1 fully saturated rings. The van der Waals surface area contributed by atoms with Gasteiger partial charge in [-0.25, -0.2) is 9.97 Å². The number of hydrogen-bond acceptors (Lipinski definition) is 7. The Kier molecular flexibility index (Phi) is 6.93. The Morgan fingerprint density at radius 2 is 2.03 bits per heavy atom. The minimum Gasteiger partial charge on any atom is -0.489 e. The molecule has 162 valence electrons. The van der Waals surface area contributed by atoms with Crippen LogP contribution in [0, 0.1) is 5.92 Å². The van der Waals surface area contributed by atoms with Crippen molar-refractivity contribution in [1.29, 1.82) is 0 Å². The quantitative estimate of drug-likeness (QED) is 0.533. The number of furan rings is 1. The van der Waals surface area contributed by atoms with E-state index in [0.29, 0.717) is 34.9 Å². The summed E-state index contributed by atoms with van der Waals surface area (Å²) in [5.74, 6) is 1.10. The third kappa shape index (κ3) is 5.91. The highest BCUT2D eigenvalue weighted by Gasteiger charge is 2.17. The SMILES string of the molecule is O=C(Cc1csc(NC(=O)c2ccco2)n1)Nc1ncccc1OCC1CCCCC1. The van der Waals surface area contributed by atoms with E-state index in [4.69, 9.17) is 9.15 Å².